The topological polar surface area (TPSA) is 26.0 Å². The summed E-state index contributed by atoms with van der Waals surface area (Å²) < 4.78 is 13.8. The third kappa shape index (κ3) is 1.40. The van der Waals surface area contributed by atoms with Crippen molar-refractivity contribution < 1.29 is 4.39 Å². The van der Waals surface area contributed by atoms with Gasteiger partial charge in [-0.1, -0.05) is 0 Å². The molecule has 1 aromatic heterocycles. The van der Waals surface area contributed by atoms with Crippen LogP contribution in [0.3, 0.4) is 0 Å². The van der Waals surface area contributed by atoms with E-state index in [2.05, 4.69) is 0 Å². The maximum absolute atomic E-state index is 12.8. The van der Waals surface area contributed by atoms with Gasteiger partial charge in [-0.2, -0.15) is 0 Å². The summed E-state index contributed by atoms with van der Waals surface area (Å²) in [4.78, 5) is 1.06. The maximum Gasteiger partial charge on any atom is 0.124 e. The zero-order chi connectivity index (χ0) is 9.42. The highest BCUT2D eigenvalue weighted by molar-refractivity contribution is 7.99. The van der Waals surface area contributed by atoms with Crippen LogP contribution in [-0.4, -0.2) is 6.26 Å². The predicted octanol–water partition coefficient (Wildman–Crippen LogP) is 3.34. The zero-order valence-corrected chi connectivity index (χ0v) is 8.64. The minimum absolute atomic E-state index is 0.207. The van der Waals surface area contributed by atoms with E-state index in [4.69, 9.17) is 5.73 Å². The van der Waals surface area contributed by atoms with Crippen LogP contribution in [0.15, 0.2) is 23.1 Å². The van der Waals surface area contributed by atoms with Crippen LogP contribution >= 0.6 is 23.1 Å². The lowest BCUT2D eigenvalue weighted by Crippen LogP contribution is -1.79. The molecule has 0 amide bonds. The van der Waals surface area contributed by atoms with Gasteiger partial charge in [-0.25, -0.2) is 4.39 Å². The molecule has 4 heteroatoms. The fraction of sp³-hybridized carbons (Fsp3) is 0.111. The van der Waals surface area contributed by atoms with E-state index in [-0.39, 0.29) is 5.82 Å². The van der Waals surface area contributed by atoms with Gasteiger partial charge in [0.15, 0.2) is 0 Å². The van der Waals surface area contributed by atoms with Crippen molar-refractivity contribution in [3.8, 4) is 0 Å². The summed E-state index contributed by atoms with van der Waals surface area (Å²) in [5.74, 6) is -0.207. The number of nitrogen functional groups attached to an aromatic ring is 1. The monoisotopic (exact) mass is 213 g/mol. The van der Waals surface area contributed by atoms with E-state index in [0.717, 1.165) is 20.0 Å². The molecule has 1 heterocycles. The van der Waals surface area contributed by atoms with Crippen molar-refractivity contribution in [3.63, 3.8) is 0 Å². The fourth-order valence-electron chi connectivity index (χ4n) is 1.28. The molecular formula is C9H8FNS2. The molecule has 0 aliphatic heterocycles. The Morgan fingerprint density at radius 2 is 2.23 bits per heavy atom. The molecule has 0 spiro atoms. The van der Waals surface area contributed by atoms with E-state index in [0.29, 0.717) is 0 Å². The lowest BCUT2D eigenvalue weighted by atomic mass is 10.2. The molecule has 68 valence electrons. The van der Waals surface area contributed by atoms with Crippen LogP contribution in [0, 0.1) is 5.82 Å². The number of benzene rings is 1. The van der Waals surface area contributed by atoms with Crippen LogP contribution in [0.5, 0.6) is 0 Å². The Balaban J connectivity index is 2.79. The molecule has 0 aliphatic carbocycles. The van der Waals surface area contributed by atoms with E-state index in [1.54, 1.807) is 17.8 Å². The van der Waals surface area contributed by atoms with Crippen molar-refractivity contribution in [2.75, 3.05) is 12.0 Å². The van der Waals surface area contributed by atoms with Crippen LogP contribution in [-0.2, 0) is 0 Å². The number of halogens is 1. The van der Waals surface area contributed by atoms with Gasteiger partial charge in [0.25, 0.3) is 0 Å². The first-order valence-electron chi connectivity index (χ1n) is 3.74. The summed E-state index contributed by atoms with van der Waals surface area (Å²) >= 11 is 3.03. The van der Waals surface area contributed by atoms with Gasteiger partial charge < -0.3 is 5.73 Å². The number of hydrogen-bond donors (Lipinski definition) is 1. The molecular weight excluding hydrogens is 205 g/mol. The number of nitrogens with two attached hydrogens (primary N) is 1. The Bertz CT molecular complexity index is 450. The van der Waals surface area contributed by atoms with Crippen molar-refractivity contribution in [1.82, 2.24) is 0 Å². The second-order valence-corrected chi connectivity index (χ2v) is 4.54. The van der Waals surface area contributed by atoms with E-state index >= 15 is 0 Å². The zero-order valence-electron chi connectivity index (χ0n) is 7.00. The molecule has 13 heavy (non-hydrogen) atoms. The van der Waals surface area contributed by atoms with Crippen LogP contribution in [0.1, 0.15) is 0 Å². The second-order valence-electron chi connectivity index (χ2n) is 2.64. The van der Waals surface area contributed by atoms with Crippen molar-refractivity contribution in [2.45, 2.75) is 4.90 Å². The average molecular weight is 213 g/mol. The van der Waals surface area contributed by atoms with Gasteiger partial charge in [0.2, 0.25) is 0 Å². The Morgan fingerprint density at radius 3 is 2.92 bits per heavy atom. The Morgan fingerprint density at radius 1 is 1.46 bits per heavy atom. The van der Waals surface area contributed by atoms with Gasteiger partial charge >= 0.3 is 0 Å². The first kappa shape index (κ1) is 8.84. The molecule has 1 nitrogen and oxygen atoms in total. The van der Waals surface area contributed by atoms with Gasteiger partial charge in [-0.15, -0.1) is 23.1 Å². The predicted molar refractivity (Wildman–Crippen MR) is 58.0 cm³/mol. The van der Waals surface area contributed by atoms with E-state index in [1.807, 2.05) is 6.26 Å². The fourth-order valence-corrected chi connectivity index (χ4v) is 3.21. The molecule has 0 radical (unpaired) electrons. The number of rotatable bonds is 1. The summed E-state index contributed by atoms with van der Waals surface area (Å²) in [5, 5.41) is 1.82. The van der Waals surface area contributed by atoms with Gasteiger partial charge in [-0.05, 0) is 24.5 Å². The normalized spacial score (nSPS) is 10.9. The average Bonchev–Trinajstić information content (AvgIpc) is 2.39. The molecule has 0 atom stereocenters. The third-order valence-electron chi connectivity index (χ3n) is 1.84. The van der Waals surface area contributed by atoms with Crippen LogP contribution in [0.25, 0.3) is 10.1 Å². The van der Waals surface area contributed by atoms with Gasteiger partial charge in [-0.3, -0.25) is 0 Å². The Hall–Kier alpha value is -0.740. The first-order valence-corrected chi connectivity index (χ1v) is 5.78. The van der Waals surface area contributed by atoms with Crippen molar-refractivity contribution >= 4 is 38.2 Å². The minimum atomic E-state index is -0.207. The smallest absolute Gasteiger partial charge is 0.124 e. The minimum Gasteiger partial charge on any atom is -0.390 e. The second kappa shape index (κ2) is 3.20. The highest BCUT2D eigenvalue weighted by Gasteiger charge is 2.08. The highest BCUT2D eigenvalue weighted by atomic mass is 32.2. The number of thioether (sulfide) groups is 1. The maximum atomic E-state index is 12.8. The largest absolute Gasteiger partial charge is 0.390 e. The highest BCUT2D eigenvalue weighted by Crippen LogP contribution is 2.39. The quantitative estimate of drug-likeness (QED) is 0.735. The first-order chi connectivity index (χ1) is 6.22. The molecule has 1 aromatic carbocycles. The molecule has 0 unspecified atom stereocenters. The van der Waals surface area contributed by atoms with E-state index in [9.17, 15) is 4.39 Å². The molecule has 0 saturated carbocycles. The molecule has 2 aromatic rings. The number of anilines is 1. The van der Waals surface area contributed by atoms with Crippen molar-refractivity contribution in [1.29, 1.82) is 0 Å². The van der Waals surface area contributed by atoms with Crippen LogP contribution < -0.4 is 5.73 Å². The summed E-state index contributed by atoms with van der Waals surface area (Å²) in [6.45, 7) is 0. The summed E-state index contributed by atoms with van der Waals surface area (Å²) in [5.41, 5.74) is 5.79. The number of hydrogen-bond acceptors (Lipinski definition) is 3. The molecule has 0 saturated heterocycles. The van der Waals surface area contributed by atoms with Gasteiger partial charge in [0.1, 0.15) is 10.8 Å². The molecule has 0 fully saturated rings. The van der Waals surface area contributed by atoms with Crippen LogP contribution in [0.2, 0.25) is 0 Å². The molecule has 0 bridgehead atoms. The number of thiophene rings is 1. The summed E-state index contributed by atoms with van der Waals surface area (Å²) in [7, 11) is 0. The lowest BCUT2D eigenvalue weighted by molar-refractivity contribution is 0.630. The third-order valence-corrected chi connectivity index (χ3v) is 3.80. The lowest BCUT2D eigenvalue weighted by Gasteiger charge is -1.94. The van der Waals surface area contributed by atoms with Crippen LogP contribution in [0.4, 0.5) is 9.39 Å². The standard InChI is InChI=1S/C9H8FNS2/c1-12-8-6-3-2-5(10)4-7(6)13-9(8)11/h2-4H,11H2,1H3. The van der Waals surface area contributed by atoms with E-state index < -0.39 is 0 Å². The van der Waals surface area contributed by atoms with E-state index in [1.165, 1.54) is 23.5 Å². The Labute approximate surface area is 83.7 Å². The summed E-state index contributed by atoms with van der Waals surface area (Å²) in [6, 6.07) is 4.77. The SMILES string of the molecule is CSc1c(N)sc2cc(F)ccc12. The number of fused-ring (bicyclic) bond motifs is 1. The molecule has 2 rings (SSSR count). The molecule has 0 aliphatic rings. The van der Waals surface area contributed by atoms with Gasteiger partial charge in [0.05, 0.1) is 0 Å². The Kier molecular flexibility index (Phi) is 2.17. The molecule has 2 N–H and O–H groups in total. The van der Waals surface area contributed by atoms with Crippen molar-refractivity contribution in [2.24, 2.45) is 0 Å². The summed E-state index contributed by atoms with van der Waals surface area (Å²) in [6.07, 6.45) is 1.97. The van der Waals surface area contributed by atoms with Crippen molar-refractivity contribution in [3.05, 3.63) is 24.0 Å². The van der Waals surface area contributed by atoms with Gasteiger partial charge in [0, 0.05) is 15.0 Å².